The van der Waals surface area contributed by atoms with E-state index < -0.39 is 0 Å². The average molecular weight is 289 g/mol. The molecule has 0 amide bonds. The Bertz CT molecular complexity index is 394. The zero-order valence-corrected chi connectivity index (χ0v) is 10.8. The first-order valence-electron chi connectivity index (χ1n) is 4.11. The number of ether oxygens (including phenoxy) is 1. The van der Waals surface area contributed by atoms with Crippen molar-refractivity contribution < 1.29 is 4.74 Å². The lowest BCUT2D eigenvalue weighted by Crippen LogP contribution is -1.84. The van der Waals surface area contributed by atoms with Crippen molar-refractivity contribution in [2.24, 2.45) is 0 Å². The van der Waals surface area contributed by atoms with Gasteiger partial charge in [0.2, 0.25) is 0 Å². The molecule has 0 aliphatic rings. The van der Waals surface area contributed by atoms with Crippen LogP contribution in [-0.4, -0.2) is 7.11 Å². The van der Waals surface area contributed by atoms with Gasteiger partial charge in [0.05, 0.1) is 11.9 Å². The predicted molar refractivity (Wildman–Crippen MR) is 66.0 cm³/mol. The van der Waals surface area contributed by atoms with Gasteiger partial charge in [0.25, 0.3) is 0 Å². The van der Waals surface area contributed by atoms with Crippen molar-refractivity contribution in [3.05, 3.63) is 38.7 Å². The van der Waals surface area contributed by atoms with E-state index in [-0.39, 0.29) is 0 Å². The summed E-state index contributed by atoms with van der Waals surface area (Å²) in [6.45, 7) is 0. The number of halogens is 1. The molecule has 2 aromatic rings. The van der Waals surface area contributed by atoms with Gasteiger partial charge >= 0.3 is 0 Å². The van der Waals surface area contributed by atoms with Crippen LogP contribution >= 0.6 is 38.6 Å². The standard InChI is InChI=1S/C10H9BrOS2/c1-12-7-5-9(14-6-7)10(11)8-3-2-4-13-8/h2-6,10H,1H3. The van der Waals surface area contributed by atoms with E-state index in [0.29, 0.717) is 4.83 Å². The third-order valence-electron chi connectivity index (χ3n) is 1.87. The Morgan fingerprint density at radius 3 is 2.79 bits per heavy atom. The molecule has 14 heavy (non-hydrogen) atoms. The topological polar surface area (TPSA) is 9.23 Å². The van der Waals surface area contributed by atoms with Crippen LogP contribution in [0.3, 0.4) is 0 Å². The minimum Gasteiger partial charge on any atom is -0.496 e. The number of hydrogen-bond acceptors (Lipinski definition) is 3. The largest absolute Gasteiger partial charge is 0.496 e. The van der Waals surface area contributed by atoms with Crippen LogP contribution in [0.2, 0.25) is 0 Å². The van der Waals surface area contributed by atoms with Crippen LogP contribution in [0.1, 0.15) is 14.6 Å². The number of thiophene rings is 2. The summed E-state index contributed by atoms with van der Waals surface area (Å²) >= 11 is 7.16. The van der Waals surface area contributed by atoms with Gasteiger partial charge < -0.3 is 4.74 Å². The first-order chi connectivity index (χ1) is 6.81. The van der Waals surface area contributed by atoms with E-state index in [2.05, 4.69) is 39.5 Å². The van der Waals surface area contributed by atoms with Crippen LogP contribution in [0, 0.1) is 0 Å². The molecule has 0 aliphatic carbocycles. The first kappa shape index (κ1) is 10.2. The molecule has 0 aromatic carbocycles. The smallest absolute Gasteiger partial charge is 0.129 e. The van der Waals surface area contributed by atoms with Crippen molar-refractivity contribution in [2.75, 3.05) is 7.11 Å². The van der Waals surface area contributed by atoms with Crippen LogP contribution in [0.4, 0.5) is 0 Å². The highest BCUT2D eigenvalue weighted by molar-refractivity contribution is 9.09. The molecule has 2 heterocycles. The van der Waals surface area contributed by atoms with Gasteiger partial charge in [0.1, 0.15) is 5.75 Å². The van der Waals surface area contributed by atoms with Crippen LogP contribution in [0.15, 0.2) is 29.0 Å². The molecular weight excluding hydrogens is 280 g/mol. The zero-order valence-electron chi connectivity index (χ0n) is 7.57. The third-order valence-corrected chi connectivity index (χ3v) is 5.38. The highest BCUT2D eigenvalue weighted by atomic mass is 79.9. The molecule has 1 atom stereocenters. The summed E-state index contributed by atoms with van der Waals surface area (Å²) in [5.74, 6) is 0.936. The first-order valence-corrected chi connectivity index (χ1v) is 6.78. The quantitative estimate of drug-likeness (QED) is 0.765. The van der Waals surface area contributed by atoms with Crippen molar-refractivity contribution in [3.63, 3.8) is 0 Å². The highest BCUT2D eigenvalue weighted by Crippen LogP contribution is 2.38. The van der Waals surface area contributed by atoms with E-state index in [1.807, 2.05) is 5.38 Å². The van der Waals surface area contributed by atoms with Gasteiger partial charge in [-0.2, -0.15) is 0 Å². The Balaban J connectivity index is 2.23. The second kappa shape index (κ2) is 4.47. The zero-order chi connectivity index (χ0) is 9.97. The molecule has 4 heteroatoms. The fourth-order valence-electron chi connectivity index (χ4n) is 1.15. The molecular formula is C10H9BrOS2. The molecule has 2 aromatic heterocycles. The lowest BCUT2D eigenvalue weighted by atomic mass is 10.3. The SMILES string of the molecule is COc1csc(C(Br)c2cccs2)c1. The lowest BCUT2D eigenvalue weighted by molar-refractivity contribution is 0.416. The van der Waals surface area contributed by atoms with Gasteiger partial charge in [-0.15, -0.1) is 22.7 Å². The molecule has 0 bridgehead atoms. The highest BCUT2D eigenvalue weighted by Gasteiger charge is 2.13. The molecule has 0 spiro atoms. The maximum Gasteiger partial charge on any atom is 0.129 e. The Labute approximate surface area is 99.5 Å². The molecule has 2 rings (SSSR count). The number of hydrogen-bond donors (Lipinski definition) is 0. The summed E-state index contributed by atoms with van der Waals surface area (Å²) in [4.78, 5) is 2.91. The second-order valence-electron chi connectivity index (χ2n) is 2.77. The van der Waals surface area contributed by atoms with E-state index in [0.717, 1.165) is 5.75 Å². The van der Waals surface area contributed by atoms with E-state index >= 15 is 0 Å². The minimum atomic E-state index is 0.302. The average Bonchev–Trinajstić information content (AvgIpc) is 2.88. The molecule has 74 valence electrons. The second-order valence-corrected chi connectivity index (χ2v) is 5.60. The summed E-state index contributed by atoms with van der Waals surface area (Å²) in [5.41, 5.74) is 0. The number of alkyl halides is 1. The normalized spacial score (nSPS) is 12.7. The van der Waals surface area contributed by atoms with Gasteiger partial charge in [-0.05, 0) is 17.5 Å². The Morgan fingerprint density at radius 1 is 1.36 bits per heavy atom. The van der Waals surface area contributed by atoms with Crippen LogP contribution in [-0.2, 0) is 0 Å². The maximum atomic E-state index is 5.16. The molecule has 0 aliphatic heterocycles. The monoisotopic (exact) mass is 288 g/mol. The number of methoxy groups -OCH3 is 1. The van der Waals surface area contributed by atoms with E-state index in [4.69, 9.17) is 4.74 Å². The molecule has 0 N–H and O–H groups in total. The maximum absolute atomic E-state index is 5.16. The molecule has 0 radical (unpaired) electrons. The van der Waals surface area contributed by atoms with Crippen LogP contribution in [0.5, 0.6) is 5.75 Å². The van der Waals surface area contributed by atoms with E-state index in [1.165, 1.54) is 9.75 Å². The summed E-state index contributed by atoms with van der Waals surface area (Å²) in [6, 6.07) is 6.28. The van der Waals surface area contributed by atoms with Gasteiger partial charge in [0, 0.05) is 15.1 Å². The fourth-order valence-corrected chi connectivity index (χ4v) is 3.72. The minimum absolute atomic E-state index is 0.302. The molecule has 0 fully saturated rings. The van der Waals surface area contributed by atoms with Crippen LogP contribution < -0.4 is 4.74 Å². The lowest BCUT2D eigenvalue weighted by Gasteiger charge is -2.03. The van der Waals surface area contributed by atoms with Gasteiger partial charge in [0.15, 0.2) is 0 Å². The summed E-state index contributed by atoms with van der Waals surface area (Å²) in [7, 11) is 1.69. The molecule has 1 nitrogen and oxygen atoms in total. The molecule has 1 unspecified atom stereocenters. The van der Waals surface area contributed by atoms with Crippen molar-refractivity contribution in [2.45, 2.75) is 4.83 Å². The summed E-state index contributed by atoms with van der Waals surface area (Å²) < 4.78 is 5.16. The Kier molecular flexibility index (Phi) is 3.26. The van der Waals surface area contributed by atoms with Gasteiger partial charge in [-0.1, -0.05) is 22.0 Å². The number of rotatable bonds is 3. The van der Waals surface area contributed by atoms with Crippen molar-refractivity contribution in [3.8, 4) is 5.75 Å². The molecule has 0 saturated heterocycles. The third kappa shape index (κ3) is 2.02. The Hall–Kier alpha value is -0.320. The molecule has 0 saturated carbocycles. The van der Waals surface area contributed by atoms with E-state index in [9.17, 15) is 0 Å². The van der Waals surface area contributed by atoms with E-state index in [1.54, 1.807) is 29.8 Å². The Morgan fingerprint density at radius 2 is 2.21 bits per heavy atom. The van der Waals surface area contributed by atoms with Gasteiger partial charge in [-0.3, -0.25) is 0 Å². The summed E-state index contributed by atoms with van der Waals surface area (Å²) in [5, 5.41) is 4.12. The predicted octanol–water partition coefficient (Wildman–Crippen LogP) is 4.30. The van der Waals surface area contributed by atoms with Crippen molar-refractivity contribution >= 4 is 38.6 Å². The summed E-state index contributed by atoms with van der Waals surface area (Å²) in [6.07, 6.45) is 0. The van der Waals surface area contributed by atoms with Gasteiger partial charge in [-0.25, -0.2) is 0 Å². The fraction of sp³-hybridized carbons (Fsp3) is 0.200. The van der Waals surface area contributed by atoms with Crippen molar-refractivity contribution in [1.29, 1.82) is 0 Å². The van der Waals surface area contributed by atoms with Crippen molar-refractivity contribution in [1.82, 2.24) is 0 Å². The van der Waals surface area contributed by atoms with Crippen LogP contribution in [0.25, 0.3) is 0 Å².